The van der Waals surface area contributed by atoms with Crippen molar-refractivity contribution in [2.45, 2.75) is 32.0 Å². The van der Waals surface area contributed by atoms with Crippen LogP contribution in [0.1, 0.15) is 19.8 Å². The molecule has 12 heavy (non-hydrogen) atoms. The smallest absolute Gasteiger partial charge is 0.302 e. The van der Waals surface area contributed by atoms with Gasteiger partial charge in [0.1, 0.15) is 12.7 Å². The topological polar surface area (TPSA) is 55.8 Å². The summed E-state index contributed by atoms with van der Waals surface area (Å²) in [5, 5.41) is 9.37. The molecule has 2 atom stereocenters. The third-order valence-electron chi connectivity index (χ3n) is 1.86. The third kappa shape index (κ3) is 2.79. The molecule has 1 fully saturated rings. The summed E-state index contributed by atoms with van der Waals surface area (Å²) in [5.41, 5.74) is 0. The molecule has 1 saturated heterocycles. The number of hydrogen-bond donors (Lipinski definition) is 1. The Labute approximate surface area is 71.5 Å². The second-order valence-electron chi connectivity index (χ2n) is 2.92. The van der Waals surface area contributed by atoms with E-state index >= 15 is 0 Å². The van der Waals surface area contributed by atoms with Gasteiger partial charge in [-0.05, 0) is 12.8 Å². The average molecular weight is 174 g/mol. The van der Waals surface area contributed by atoms with E-state index in [1.54, 1.807) is 0 Å². The lowest BCUT2D eigenvalue weighted by molar-refractivity contribution is -0.152. The molecule has 0 unspecified atom stereocenters. The fraction of sp³-hybridized carbons (Fsp3) is 0.875. The molecule has 0 amide bonds. The van der Waals surface area contributed by atoms with Crippen LogP contribution in [0, 0.1) is 0 Å². The Kier molecular flexibility index (Phi) is 3.49. The van der Waals surface area contributed by atoms with Gasteiger partial charge in [-0.25, -0.2) is 0 Å². The maximum Gasteiger partial charge on any atom is 0.302 e. The van der Waals surface area contributed by atoms with Crippen LogP contribution in [0.15, 0.2) is 0 Å². The van der Waals surface area contributed by atoms with Crippen LogP contribution in [-0.2, 0) is 14.3 Å². The van der Waals surface area contributed by atoms with Crippen molar-refractivity contribution in [3.05, 3.63) is 0 Å². The highest BCUT2D eigenvalue weighted by Gasteiger charge is 2.24. The predicted molar refractivity (Wildman–Crippen MR) is 41.6 cm³/mol. The van der Waals surface area contributed by atoms with Gasteiger partial charge in [-0.3, -0.25) is 4.79 Å². The van der Waals surface area contributed by atoms with E-state index in [2.05, 4.69) is 0 Å². The number of rotatable bonds is 2. The molecule has 0 saturated carbocycles. The van der Waals surface area contributed by atoms with Crippen molar-refractivity contribution in [3.63, 3.8) is 0 Å². The largest absolute Gasteiger partial charge is 0.463 e. The van der Waals surface area contributed by atoms with Crippen molar-refractivity contribution in [2.24, 2.45) is 0 Å². The first-order valence-corrected chi connectivity index (χ1v) is 4.13. The minimum absolute atomic E-state index is 0.163. The first kappa shape index (κ1) is 9.48. The van der Waals surface area contributed by atoms with E-state index in [1.165, 1.54) is 6.92 Å². The van der Waals surface area contributed by atoms with Crippen LogP contribution in [-0.4, -0.2) is 36.5 Å². The van der Waals surface area contributed by atoms with Crippen molar-refractivity contribution >= 4 is 5.97 Å². The number of esters is 1. The Balaban J connectivity index is 2.24. The van der Waals surface area contributed by atoms with Gasteiger partial charge in [0.05, 0.1) is 6.10 Å². The lowest BCUT2D eigenvalue weighted by Gasteiger charge is -2.27. The highest BCUT2D eigenvalue weighted by Crippen LogP contribution is 2.13. The van der Waals surface area contributed by atoms with E-state index in [0.717, 1.165) is 12.8 Å². The van der Waals surface area contributed by atoms with Gasteiger partial charge in [-0.2, -0.15) is 0 Å². The Bertz CT molecular complexity index is 157. The van der Waals surface area contributed by atoms with Gasteiger partial charge in [0, 0.05) is 13.5 Å². The van der Waals surface area contributed by atoms with Crippen LogP contribution in [0.3, 0.4) is 0 Å². The maximum absolute atomic E-state index is 10.4. The van der Waals surface area contributed by atoms with Gasteiger partial charge in [-0.15, -0.1) is 0 Å². The van der Waals surface area contributed by atoms with E-state index in [-0.39, 0.29) is 18.7 Å². The van der Waals surface area contributed by atoms with Gasteiger partial charge in [-0.1, -0.05) is 0 Å². The van der Waals surface area contributed by atoms with Gasteiger partial charge >= 0.3 is 5.97 Å². The first-order chi connectivity index (χ1) is 5.70. The summed E-state index contributed by atoms with van der Waals surface area (Å²) < 4.78 is 9.94. The summed E-state index contributed by atoms with van der Waals surface area (Å²) in [7, 11) is 0. The van der Waals surface area contributed by atoms with Crippen molar-refractivity contribution in [1.82, 2.24) is 0 Å². The Morgan fingerprint density at radius 2 is 2.50 bits per heavy atom. The molecule has 0 aromatic heterocycles. The van der Waals surface area contributed by atoms with E-state index in [4.69, 9.17) is 9.47 Å². The molecule has 1 heterocycles. The van der Waals surface area contributed by atoms with Crippen molar-refractivity contribution in [2.75, 3.05) is 13.2 Å². The zero-order valence-corrected chi connectivity index (χ0v) is 7.16. The molecule has 1 aliphatic rings. The highest BCUT2D eigenvalue weighted by molar-refractivity contribution is 5.65. The molecule has 1 N–H and O–H groups in total. The second-order valence-corrected chi connectivity index (χ2v) is 2.92. The minimum atomic E-state index is -0.488. The van der Waals surface area contributed by atoms with Crippen LogP contribution >= 0.6 is 0 Å². The highest BCUT2D eigenvalue weighted by atomic mass is 16.6. The van der Waals surface area contributed by atoms with Crippen molar-refractivity contribution in [3.8, 4) is 0 Å². The summed E-state index contributed by atoms with van der Waals surface area (Å²) in [6.07, 6.45) is 0.782. The van der Waals surface area contributed by atoms with Gasteiger partial charge in [0.15, 0.2) is 0 Å². The number of carbonyl (C=O) groups is 1. The van der Waals surface area contributed by atoms with Crippen LogP contribution in [0.4, 0.5) is 0 Å². The maximum atomic E-state index is 10.4. The molecule has 4 heteroatoms. The summed E-state index contributed by atoms with van der Waals surface area (Å²) in [4.78, 5) is 10.4. The number of carbonyl (C=O) groups excluding carboxylic acids is 1. The zero-order valence-electron chi connectivity index (χ0n) is 7.16. The monoisotopic (exact) mass is 174 g/mol. The van der Waals surface area contributed by atoms with Crippen molar-refractivity contribution in [1.29, 1.82) is 0 Å². The van der Waals surface area contributed by atoms with Crippen LogP contribution < -0.4 is 0 Å². The Hall–Kier alpha value is -0.610. The average Bonchev–Trinajstić information content (AvgIpc) is 2.03. The standard InChI is InChI=1S/C8H14O4/c1-6(9)12-5-8-7(10)3-2-4-11-8/h7-8,10H,2-5H2,1H3/t7-,8+/m0/s1. The molecule has 0 aliphatic carbocycles. The first-order valence-electron chi connectivity index (χ1n) is 4.13. The molecule has 0 radical (unpaired) electrons. The lowest BCUT2D eigenvalue weighted by Crippen LogP contribution is -2.37. The van der Waals surface area contributed by atoms with E-state index in [1.807, 2.05) is 0 Å². The van der Waals surface area contributed by atoms with Crippen LogP contribution in [0.25, 0.3) is 0 Å². The Morgan fingerprint density at radius 3 is 3.08 bits per heavy atom. The van der Waals surface area contributed by atoms with Crippen LogP contribution in [0.2, 0.25) is 0 Å². The number of hydrogen-bond acceptors (Lipinski definition) is 4. The fourth-order valence-electron chi connectivity index (χ4n) is 1.18. The molecule has 0 spiro atoms. The Morgan fingerprint density at radius 1 is 1.75 bits per heavy atom. The number of ether oxygens (including phenoxy) is 2. The molecular formula is C8H14O4. The molecule has 0 aromatic rings. The molecule has 70 valence electrons. The van der Waals surface area contributed by atoms with Gasteiger partial charge in [0.2, 0.25) is 0 Å². The van der Waals surface area contributed by atoms with E-state index < -0.39 is 6.10 Å². The molecule has 4 nitrogen and oxygen atoms in total. The predicted octanol–water partition coefficient (Wildman–Crippen LogP) is 0.0894. The van der Waals surface area contributed by atoms with Crippen molar-refractivity contribution < 1.29 is 19.4 Å². The molecule has 1 aliphatic heterocycles. The summed E-state index contributed by atoms with van der Waals surface area (Å²) in [6.45, 7) is 2.15. The molecule has 0 aromatic carbocycles. The minimum Gasteiger partial charge on any atom is -0.463 e. The molecular weight excluding hydrogens is 160 g/mol. The summed E-state index contributed by atoms with van der Waals surface area (Å²) in [5.74, 6) is -0.337. The summed E-state index contributed by atoms with van der Waals surface area (Å²) in [6, 6.07) is 0. The number of aliphatic hydroxyl groups excluding tert-OH is 1. The zero-order chi connectivity index (χ0) is 8.97. The normalized spacial score (nSPS) is 29.8. The third-order valence-corrected chi connectivity index (χ3v) is 1.86. The molecule has 0 bridgehead atoms. The van der Waals surface area contributed by atoms with Crippen LogP contribution in [0.5, 0.6) is 0 Å². The quantitative estimate of drug-likeness (QED) is 0.603. The second kappa shape index (κ2) is 4.42. The lowest BCUT2D eigenvalue weighted by atomic mass is 10.1. The SMILES string of the molecule is CC(=O)OC[C@H]1OCCC[C@@H]1O. The van der Waals surface area contributed by atoms with E-state index in [0.29, 0.717) is 6.61 Å². The fourth-order valence-corrected chi connectivity index (χ4v) is 1.18. The molecule has 1 rings (SSSR count). The van der Waals surface area contributed by atoms with E-state index in [9.17, 15) is 9.90 Å². The number of aliphatic hydroxyl groups is 1. The summed E-state index contributed by atoms with van der Waals surface area (Å²) >= 11 is 0. The van der Waals surface area contributed by atoms with Gasteiger partial charge in [0.25, 0.3) is 0 Å². The van der Waals surface area contributed by atoms with Gasteiger partial charge < -0.3 is 14.6 Å².